The summed E-state index contributed by atoms with van der Waals surface area (Å²) in [5.41, 5.74) is 0. The van der Waals surface area contributed by atoms with Crippen LogP contribution in [0.15, 0.2) is 0 Å². The number of nitrogens with zero attached hydrogens (tertiary/aromatic N) is 1. The highest BCUT2D eigenvalue weighted by Crippen LogP contribution is 2.22. The van der Waals surface area contributed by atoms with Crippen molar-refractivity contribution in [3.8, 4) is 0 Å². The Morgan fingerprint density at radius 3 is 3.20 bits per heavy atom. The number of likely N-dealkylation sites (N-methyl/N-ethyl adjacent to an activating group) is 1. The minimum Gasteiger partial charge on any atom is -0.315 e. The summed E-state index contributed by atoms with van der Waals surface area (Å²) in [5.74, 6) is 0.832. The maximum Gasteiger partial charge on any atom is 0.0688 e. The lowest BCUT2D eigenvalue weighted by Crippen LogP contribution is -2.42. The SMILES string of the molecule is CN1OCCC2CNCC21. The van der Waals surface area contributed by atoms with Gasteiger partial charge < -0.3 is 5.32 Å². The Hall–Kier alpha value is -0.120. The Balaban J connectivity index is 2.03. The summed E-state index contributed by atoms with van der Waals surface area (Å²) in [6, 6.07) is 0.633. The largest absolute Gasteiger partial charge is 0.315 e. The molecule has 2 aliphatic heterocycles. The Bertz CT molecular complexity index is 129. The second-order valence-corrected chi connectivity index (χ2v) is 3.15. The summed E-state index contributed by atoms with van der Waals surface area (Å²) in [6.07, 6.45) is 1.22. The highest BCUT2D eigenvalue weighted by atomic mass is 16.7. The molecule has 0 radical (unpaired) electrons. The van der Waals surface area contributed by atoms with Gasteiger partial charge in [-0.1, -0.05) is 0 Å². The molecule has 2 saturated heterocycles. The van der Waals surface area contributed by atoms with Crippen LogP contribution in [0.3, 0.4) is 0 Å². The third kappa shape index (κ3) is 0.944. The van der Waals surface area contributed by atoms with Crippen LogP contribution in [-0.4, -0.2) is 37.8 Å². The van der Waals surface area contributed by atoms with Gasteiger partial charge in [0.15, 0.2) is 0 Å². The topological polar surface area (TPSA) is 24.5 Å². The Kier molecular flexibility index (Phi) is 1.64. The molecule has 0 aliphatic carbocycles. The third-order valence-corrected chi connectivity index (χ3v) is 2.55. The molecule has 2 heterocycles. The van der Waals surface area contributed by atoms with Crippen LogP contribution in [0.4, 0.5) is 0 Å². The molecule has 2 aliphatic rings. The van der Waals surface area contributed by atoms with Crippen molar-refractivity contribution in [1.82, 2.24) is 10.4 Å². The zero-order valence-corrected chi connectivity index (χ0v) is 6.34. The van der Waals surface area contributed by atoms with E-state index in [0.717, 1.165) is 19.1 Å². The van der Waals surface area contributed by atoms with Gasteiger partial charge in [-0.2, -0.15) is 5.06 Å². The van der Waals surface area contributed by atoms with Crippen LogP contribution >= 0.6 is 0 Å². The summed E-state index contributed by atoms with van der Waals surface area (Å²) in [6.45, 7) is 3.18. The lowest BCUT2D eigenvalue weighted by molar-refractivity contribution is -0.200. The first-order valence-corrected chi connectivity index (χ1v) is 3.94. The van der Waals surface area contributed by atoms with Gasteiger partial charge in [-0.3, -0.25) is 4.84 Å². The molecule has 58 valence electrons. The number of hydrogen-bond donors (Lipinski definition) is 1. The molecule has 0 amide bonds. The van der Waals surface area contributed by atoms with E-state index in [1.807, 2.05) is 12.1 Å². The van der Waals surface area contributed by atoms with Crippen LogP contribution in [0.1, 0.15) is 6.42 Å². The van der Waals surface area contributed by atoms with E-state index in [0.29, 0.717) is 6.04 Å². The van der Waals surface area contributed by atoms with Crippen molar-refractivity contribution in [2.24, 2.45) is 5.92 Å². The third-order valence-electron chi connectivity index (χ3n) is 2.55. The van der Waals surface area contributed by atoms with E-state index in [9.17, 15) is 0 Å². The van der Waals surface area contributed by atoms with Crippen molar-refractivity contribution >= 4 is 0 Å². The van der Waals surface area contributed by atoms with Crippen LogP contribution in [-0.2, 0) is 4.84 Å². The maximum atomic E-state index is 5.39. The van der Waals surface area contributed by atoms with Gasteiger partial charge in [0.1, 0.15) is 0 Å². The van der Waals surface area contributed by atoms with Gasteiger partial charge in [0.25, 0.3) is 0 Å². The molecule has 0 aromatic rings. The molecule has 3 nitrogen and oxygen atoms in total. The smallest absolute Gasteiger partial charge is 0.0688 e. The molecule has 0 bridgehead atoms. The summed E-state index contributed by atoms with van der Waals surface area (Å²) in [4.78, 5) is 5.39. The van der Waals surface area contributed by atoms with E-state index >= 15 is 0 Å². The van der Waals surface area contributed by atoms with Crippen molar-refractivity contribution in [2.45, 2.75) is 12.5 Å². The summed E-state index contributed by atoms with van der Waals surface area (Å²) in [7, 11) is 2.03. The molecule has 2 unspecified atom stereocenters. The van der Waals surface area contributed by atoms with Gasteiger partial charge in [0.05, 0.1) is 12.6 Å². The van der Waals surface area contributed by atoms with Crippen molar-refractivity contribution in [3.63, 3.8) is 0 Å². The molecular weight excluding hydrogens is 128 g/mol. The van der Waals surface area contributed by atoms with Gasteiger partial charge in [0, 0.05) is 13.6 Å². The molecule has 10 heavy (non-hydrogen) atoms. The zero-order valence-electron chi connectivity index (χ0n) is 6.34. The van der Waals surface area contributed by atoms with Crippen molar-refractivity contribution in [3.05, 3.63) is 0 Å². The van der Waals surface area contributed by atoms with Crippen LogP contribution in [0.25, 0.3) is 0 Å². The first-order chi connectivity index (χ1) is 4.88. The van der Waals surface area contributed by atoms with Gasteiger partial charge >= 0.3 is 0 Å². The number of rotatable bonds is 0. The Morgan fingerprint density at radius 2 is 2.40 bits per heavy atom. The Morgan fingerprint density at radius 1 is 1.50 bits per heavy atom. The lowest BCUT2D eigenvalue weighted by Gasteiger charge is -2.32. The number of hydrogen-bond acceptors (Lipinski definition) is 3. The number of fused-ring (bicyclic) bond motifs is 1. The normalized spacial score (nSPS) is 41.7. The quantitative estimate of drug-likeness (QED) is 0.508. The molecule has 0 aromatic heterocycles. The predicted octanol–water partition coefficient (Wildman–Crippen LogP) is -0.159. The monoisotopic (exact) mass is 142 g/mol. The van der Waals surface area contributed by atoms with E-state index in [1.54, 1.807) is 0 Å². The number of nitrogens with one attached hydrogen (secondary N) is 1. The fraction of sp³-hybridized carbons (Fsp3) is 1.00. The maximum absolute atomic E-state index is 5.39. The second kappa shape index (κ2) is 2.49. The molecule has 2 atom stereocenters. The van der Waals surface area contributed by atoms with Gasteiger partial charge in [0.2, 0.25) is 0 Å². The van der Waals surface area contributed by atoms with Gasteiger partial charge in [-0.05, 0) is 18.9 Å². The average Bonchev–Trinajstić information content (AvgIpc) is 2.36. The second-order valence-electron chi connectivity index (χ2n) is 3.15. The van der Waals surface area contributed by atoms with E-state index in [4.69, 9.17) is 4.84 Å². The molecular formula is C7H14N2O. The standard InChI is InChI=1S/C7H14N2O/c1-9-7-5-8-4-6(7)2-3-10-9/h6-8H,2-5H2,1H3. The predicted molar refractivity (Wildman–Crippen MR) is 38.5 cm³/mol. The molecule has 2 fully saturated rings. The van der Waals surface area contributed by atoms with Gasteiger partial charge in [-0.15, -0.1) is 0 Å². The minimum atomic E-state index is 0.633. The Labute approximate surface area is 61.3 Å². The minimum absolute atomic E-state index is 0.633. The molecule has 3 heteroatoms. The van der Waals surface area contributed by atoms with Crippen LogP contribution in [0.2, 0.25) is 0 Å². The molecule has 0 aromatic carbocycles. The molecule has 1 N–H and O–H groups in total. The van der Waals surface area contributed by atoms with Crippen molar-refractivity contribution in [2.75, 3.05) is 26.7 Å². The summed E-state index contributed by atoms with van der Waals surface area (Å²) in [5, 5.41) is 5.38. The molecule has 0 spiro atoms. The highest BCUT2D eigenvalue weighted by molar-refractivity contribution is 4.86. The van der Waals surface area contributed by atoms with Crippen molar-refractivity contribution < 1.29 is 4.84 Å². The summed E-state index contributed by atoms with van der Waals surface area (Å²) >= 11 is 0. The van der Waals surface area contributed by atoms with Gasteiger partial charge in [-0.25, -0.2) is 0 Å². The van der Waals surface area contributed by atoms with Crippen LogP contribution in [0.5, 0.6) is 0 Å². The van der Waals surface area contributed by atoms with E-state index < -0.39 is 0 Å². The highest BCUT2D eigenvalue weighted by Gasteiger charge is 2.33. The zero-order chi connectivity index (χ0) is 6.97. The first-order valence-electron chi connectivity index (χ1n) is 3.94. The fourth-order valence-electron chi connectivity index (χ4n) is 1.88. The van der Waals surface area contributed by atoms with Crippen LogP contribution < -0.4 is 5.32 Å². The van der Waals surface area contributed by atoms with E-state index in [1.165, 1.54) is 13.0 Å². The number of hydroxylamine groups is 2. The first kappa shape index (κ1) is 6.58. The lowest BCUT2D eigenvalue weighted by atomic mass is 9.99. The van der Waals surface area contributed by atoms with Crippen LogP contribution in [0, 0.1) is 5.92 Å². The van der Waals surface area contributed by atoms with Crippen molar-refractivity contribution in [1.29, 1.82) is 0 Å². The average molecular weight is 142 g/mol. The molecule has 0 saturated carbocycles. The van der Waals surface area contributed by atoms with E-state index in [2.05, 4.69) is 5.32 Å². The molecule has 2 rings (SSSR count). The van der Waals surface area contributed by atoms with E-state index in [-0.39, 0.29) is 0 Å². The summed E-state index contributed by atoms with van der Waals surface area (Å²) < 4.78 is 0. The fourth-order valence-corrected chi connectivity index (χ4v) is 1.88.